The molecule has 4 nitrogen and oxygen atoms in total. The first-order valence-corrected chi connectivity index (χ1v) is 6.47. The summed E-state index contributed by atoms with van der Waals surface area (Å²) < 4.78 is 5.48. The number of carbonyl (C=O) groups excluding carboxylic acids is 1. The maximum Gasteiger partial charge on any atom is 0.251 e. The Kier molecular flexibility index (Phi) is 4.83. The second-order valence-corrected chi connectivity index (χ2v) is 4.94. The number of hydrogen-bond acceptors (Lipinski definition) is 3. The second-order valence-electron chi connectivity index (χ2n) is 4.07. The van der Waals surface area contributed by atoms with Crippen molar-refractivity contribution in [1.82, 2.24) is 10.6 Å². The van der Waals surface area contributed by atoms with Crippen LogP contribution in [0.25, 0.3) is 0 Å². The minimum atomic E-state index is -0.200. The normalized spacial score (nSPS) is 19.6. The molecule has 1 aliphatic heterocycles. The first-order valence-electron chi connectivity index (χ1n) is 5.72. The highest BCUT2D eigenvalue weighted by molar-refractivity contribution is 6.35. The molecule has 1 heterocycles. The molecule has 1 saturated heterocycles. The van der Waals surface area contributed by atoms with E-state index in [2.05, 4.69) is 10.6 Å². The standard InChI is InChI=1S/C12H14Cl2N2O2/c13-9-3-8(4-10(14)5-9)12(17)16-7-11-6-15-1-2-18-11/h3-5,11,15H,1-2,6-7H2,(H,16,17). The van der Waals surface area contributed by atoms with E-state index in [4.69, 9.17) is 27.9 Å². The summed E-state index contributed by atoms with van der Waals surface area (Å²) in [4.78, 5) is 11.9. The van der Waals surface area contributed by atoms with Crippen molar-refractivity contribution in [3.63, 3.8) is 0 Å². The summed E-state index contributed by atoms with van der Waals surface area (Å²) in [6.45, 7) is 2.74. The Hall–Kier alpha value is -0.810. The molecule has 2 rings (SSSR count). The molecule has 1 aromatic carbocycles. The van der Waals surface area contributed by atoms with Crippen molar-refractivity contribution in [3.8, 4) is 0 Å². The monoisotopic (exact) mass is 288 g/mol. The fourth-order valence-corrected chi connectivity index (χ4v) is 2.27. The van der Waals surface area contributed by atoms with Gasteiger partial charge in [-0.05, 0) is 18.2 Å². The number of carbonyl (C=O) groups is 1. The number of benzene rings is 1. The lowest BCUT2D eigenvalue weighted by Gasteiger charge is -2.23. The van der Waals surface area contributed by atoms with Crippen LogP contribution in [0.1, 0.15) is 10.4 Å². The molecule has 0 aliphatic carbocycles. The molecule has 0 spiro atoms. The third kappa shape index (κ3) is 3.85. The average molecular weight is 289 g/mol. The van der Waals surface area contributed by atoms with Gasteiger partial charge in [-0.2, -0.15) is 0 Å². The van der Waals surface area contributed by atoms with Crippen molar-refractivity contribution in [2.24, 2.45) is 0 Å². The highest BCUT2D eigenvalue weighted by Crippen LogP contribution is 2.18. The molecule has 0 bridgehead atoms. The van der Waals surface area contributed by atoms with Crippen LogP contribution in [0.3, 0.4) is 0 Å². The Bertz CT molecular complexity index is 414. The number of amides is 1. The summed E-state index contributed by atoms with van der Waals surface area (Å²) in [5.74, 6) is -0.200. The van der Waals surface area contributed by atoms with E-state index < -0.39 is 0 Å². The summed E-state index contributed by atoms with van der Waals surface area (Å²) in [6.07, 6.45) is 0.0114. The van der Waals surface area contributed by atoms with Gasteiger partial charge in [0.05, 0.1) is 12.7 Å². The highest BCUT2D eigenvalue weighted by Gasteiger charge is 2.15. The topological polar surface area (TPSA) is 50.4 Å². The predicted octanol–water partition coefficient (Wildman–Crippen LogP) is 1.71. The summed E-state index contributed by atoms with van der Waals surface area (Å²) in [5.41, 5.74) is 0.455. The fourth-order valence-electron chi connectivity index (χ4n) is 1.74. The zero-order valence-corrected chi connectivity index (χ0v) is 11.2. The largest absolute Gasteiger partial charge is 0.374 e. The minimum Gasteiger partial charge on any atom is -0.374 e. The lowest BCUT2D eigenvalue weighted by atomic mass is 10.2. The quantitative estimate of drug-likeness (QED) is 0.890. The number of halogens is 2. The van der Waals surface area contributed by atoms with E-state index in [1.807, 2.05) is 0 Å². The Morgan fingerprint density at radius 2 is 2.11 bits per heavy atom. The Balaban J connectivity index is 1.90. The van der Waals surface area contributed by atoms with Gasteiger partial charge in [0.2, 0.25) is 0 Å². The molecule has 98 valence electrons. The Morgan fingerprint density at radius 3 is 2.72 bits per heavy atom. The third-order valence-electron chi connectivity index (χ3n) is 2.62. The van der Waals surface area contributed by atoms with Crippen LogP contribution in [-0.2, 0) is 4.74 Å². The van der Waals surface area contributed by atoms with Gasteiger partial charge >= 0.3 is 0 Å². The van der Waals surface area contributed by atoms with Crippen molar-refractivity contribution >= 4 is 29.1 Å². The number of hydrogen-bond donors (Lipinski definition) is 2. The highest BCUT2D eigenvalue weighted by atomic mass is 35.5. The maximum atomic E-state index is 11.9. The summed E-state index contributed by atoms with van der Waals surface area (Å²) in [6, 6.07) is 4.76. The number of nitrogens with one attached hydrogen (secondary N) is 2. The zero-order chi connectivity index (χ0) is 13.0. The van der Waals surface area contributed by atoms with Crippen LogP contribution in [0.4, 0.5) is 0 Å². The minimum absolute atomic E-state index is 0.0114. The molecule has 0 aromatic heterocycles. The number of ether oxygens (including phenoxy) is 1. The van der Waals surface area contributed by atoms with Crippen molar-refractivity contribution in [1.29, 1.82) is 0 Å². The van der Waals surface area contributed by atoms with E-state index in [0.29, 0.717) is 28.8 Å². The maximum absolute atomic E-state index is 11.9. The van der Waals surface area contributed by atoms with Crippen molar-refractivity contribution in [3.05, 3.63) is 33.8 Å². The van der Waals surface area contributed by atoms with Gasteiger partial charge in [0.1, 0.15) is 0 Å². The van der Waals surface area contributed by atoms with Crippen LogP contribution in [0.5, 0.6) is 0 Å². The molecule has 18 heavy (non-hydrogen) atoms. The average Bonchev–Trinajstić information content (AvgIpc) is 2.36. The van der Waals surface area contributed by atoms with Gasteiger partial charge in [0, 0.05) is 35.2 Å². The molecular weight excluding hydrogens is 275 g/mol. The van der Waals surface area contributed by atoms with Crippen molar-refractivity contribution in [2.45, 2.75) is 6.10 Å². The summed E-state index contributed by atoms with van der Waals surface area (Å²) in [7, 11) is 0. The SMILES string of the molecule is O=C(NCC1CNCCO1)c1cc(Cl)cc(Cl)c1. The lowest BCUT2D eigenvalue weighted by molar-refractivity contribution is 0.0287. The van der Waals surface area contributed by atoms with Gasteiger partial charge in [-0.1, -0.05) is 23.2 Å². The lowest BCUT2D eigenvalue weighted by Crippen LogP contribution is -2.45. The molecular formula is C12H14Cl2N2O2. The first-order chi connectivity index (χ1) is 8.65. The molecule has 1 aromatic rings. The van der Waals surface area contributed by atoms with Gasteiger partial charge in [-0.25, -0.2) is 0 Å². The molecule has 1 fully saturated rings. The molecule has 1 unspecified atom stereocenters. The van der Waals surface area contributed by atoms with Crippen LogP contribution in [0.2, 0.25) is 10.0 Å². The van der Waals surface area contributed by atoms with Gasteiger partial charge in [-0.3, -0.25) is 4.79 Å². The van der Waals surface area contributed by atoms with Crippen LogP contribution < -0.4 is 10.6 Å². The molecule has 1 amide bonds. The second kappa shape index (κ2) is 6.38. The fraction of sp³-hybridized carbons (Fsp3) is 0.417. The molecule has 1 atom stereocenters. The summed E-state index contributed by atoms with van der Waals surface area (Å²) in [5, 5.41) is 6.89. The smallest absolute Gasteiger partial charge is 0.251 e. The molecule has 2 N–H and O–H groups in total. The number of morpholine rings is 1. The van der Waals surface area contributed by atoms with Crippen LogP contribution in [0, 0.1) is 0 Å². The van der Waals surface area contributed by atoms with E-state index in [1.54, 1.807) is 18.2 Å². The van der Waals surface area contributed by atoms with Crippen molar-refractivity contribution < 1.29 is 9.53 Å². The van der Waals surface area contributed by atoms with Crippen LogP contribution in [0.15, 0.2) is 18.2 Å². The Morgan fingerprint density at radius 1 is 1.39 bits per heavy atom. The zero-order valence-electron chi connectivity index (χ0n) is 9.71. The van der Waals surface area contributed by atoms with Crippen molar-refractivity contribution in [2.75, 3.05) is 26.2 Å². The molecule has 0 saturated carbocycles. The molecule has 0 radical (unpaired) electrons. The Labute approximate surface area is 116 Å². The van der Waals surface area contributed by atoms with E-state index in [1.165, 1.54) is 0 Å². The molecule has 1 aliphatic rings. The van der Waals surface area contributed by atoms with Gasteiger partial charge in [0.25, 0.3) is 5.91 Å². The van der Waals surface area contributed by atoms with Gasteiger partial charge in [-0.15, -0.1) is 0 Å². The van der Waals surface area contributed by atoms with E-state index in [9.17, 15) is 4.79 Å². The first kappa shape index (κ1) is 13.6. The summed E-state index contributed by atoms with van der Waals surface area (Å²) >= 11 is 11.7. The predicted molar refractivity (Wildman–Crippen MR) is 71.4 cm³/mol. The van der Waals surface area contributed by atoms with Crippen LogP contribution in [-0.4, -0.2) is 38.3 Å². The van der Waals surface area contributed by atoms with Gasteiger partial charge < -0.3 is 15.4 Å². The molecule has 6 heteroatoms. The van der Waals surface area contributed by atoms with Gasteiger partial charge in [0.15, 0.2) is 0 Å². The van der Waals surface area contributed by atoms with E-state index in [-0.39, 0.29) is 12.0 Å². The van der Waals surface area contributed by atoms with E-state index >= 15 is 0 Å². The number of rotatable bonds is 3. The third-order valence-corrected chi connectivity index (χ3v) is 3.06. The van der Waals surface area contributed by atoms with Crippen LogP contribution >= 0.6 is 23.2 Å². The van der Waals surface area contributed by atoms with E-state index in [0.717, 1.165) is 13.1 Å².